The zero-order chi connectivity index (χ0) is 35.3. The predicted octanol–water partition coefficient (Wildman–Crippen LogP) is 5.37. The molecule has 13 heteroatoms. The maximum Gasteiger partial charge on any atom is 0.272 e. The number of piperazine rings is 1. The summed E-state index contributed by atoms with van der Waals surface area (Å²) in [5.41, 5.74) is 4.60. The fraction of sp³-hybridized carbons (Fsp3) is 0.289. The number of nitriles is 1. The average molecular weight is 686 g/mol. The Morgan fingerprint density at radius 3 is 2.33 bits per heavy atom. The number of hydrogen-bond acceptors (Lipinski definition) is 10. The Kier molecular flexibility index (Phi) is 9.76. The summed E-state index contributed by atoms with van der Waals surface area (Å²) in [6.07, 6.45) is 5.63. The third-order valence-corrected chi connectivity index (χ3v) is 9.66. The smallest absolute Gasteiger partial charge is 0.272 e. The molecule has 2 fully saturated rings. The predicted molar refractivity (Wildman–Crippen MR) is 192 cm³/mol. The van der Waals surface area contributed by atoms with Crippen LogP contribution in [0.3, 0.4) is 0 Å². The van der Waals surface area contributed by atoms with Gasteiger partial charge in [0.1, 0.15) is 0 Å². The second kappa shape index (κ2) is 14.9. The lowest BCUT2D eigenvalue weighted by Crippen LogP contribution is -2.49. The van der Waals surface area contributed by atoms with Gasteiger partial charge in [-0.1, -0.05) is 30.3 Å². The summed E-state index contributed by atoms with van der Waals surface area (Å²) in [6, 6.07) is 24.1. The molecule has 0 N–H and O–H groups in total. The Morgan fingerprint density at radius 1 is 0.863 bits per heavy atom. The maximum absolute atomic E-state index is 14.5. The van der Waals surface area contributed by atoms with Gasteiger partial charge in [0.15, 0.2) is 11.6 Å². The van der Waals surface area contributed by atoms with Crippen LogP contribution in [0.25, 0.3) is 22.6 Å². The highest BCUT2D eigenvalue weighted by Gasteiger charge is 2.26. The van der Waals surface area contributed by atoms with E-state index in [1.54, 1.807) is 24.3 Å². The number of benzene rings is 3. The van der Waals surface area contributed by atoms with Gasteiger partial charge in [-0.15, -0.1) is 0 Å². The van der Waals surface area contributed by atoms with E-state index in [0.29, 0.717) is 28.7 Å². The standard InChI is InChI=1S/C38H36FN9O3/c39-34-21-32(48(50)51)7-9-36(34)46-13-11-27(12-14-46)25-44-15-17-45(18-16-44)33-23-41-38(42-24-33)31-6-2-4-29(20-31)26-47-37(49)10-8-35(43-47)30-5-1-3-28(19-30)22-40/h1-10,19-21,23-24,27H,11-18,25-26H2. The minimum atomic E-state index is -0.575. The number of nitrogens with zero attached hydrogens (tertiary/aromatic N) is 9. The van der Waals surface area contributed by atoms with Crippen LogP contribution in [0.2, 0.25) is 0 Å². The van der Waals surface area contributed by atoms with E-state index < -0.39 is 10.7 Å². The number of piperidine rings is 1. The van der Waals surface area contributed by atoms with Crippen molar-refractivity contribution in [1.82, 2.24) is 24.6 Å². The molecular weight excluding hydrogens is 649 g/mol. The zero-order valence-corrected chi connectivity index (χ0v) is 27.9. The molecule has 0 radical (unpaired) electrons. The molecule has 0 spiro atoms. The van der Waals surface area contributed by atoms with Crippen LogP contribution in [-0.4, -0.2) is 75.4 Å². The fourth-order valence-electron chi connectivity index (χ4n) is 6.86. The van der Waals surface area contributed by atoms with E-state index in [4.69, 9.17) is 0 Å². The van der Waals surface area contributed by atoms with Gasteiger partial charge in [0.25, 0.3) is 11.2 Å². The molecule has 7 rings (SSSR count). The van der Waals surface area contributed by atoms with Gasteiger partial charge >= 0.3 is 0 Å². The Balaban J connectivity index is 0.917. The molecule has 3 aromatic carbocycles. The number of rotatable bonds is 9. The van der Waals surface area contributed by atoms with Crippen molar-refractivity contribution in [1.29, 1.82) is 5.26 Å². The van der Waals surface area contributed by atoms with Crippen LogP contribution in [0, 0.1) is 33.2 Å². The summed E-state index contributed by atoms with van der Waals surface area (Å²) >= 11 is 0. The molecule has 2 aliphatic heterocycles. The molecule has 0 saturated carbocycles. The summed E-state index contributed by atoms with van der Waals surface area (Å²) in [5, 5.41) is 24.8. The van der Waals surface area contributed by atoms with Gasteiger partial charge in [0.05, 0.1) is 58.6 Å². The molecule has 12 nitrogen and oxygen atoms in total. The molecular formula is C38H36FN9O3. The number of anilines is 2. The van der Waals surface area contributed by atoms with Gasteiger partial charge in [-0.3, -0.25) is 19.8 Å². The summed E-state index contributed by atoms with van der Waals surface area (Å²) in [7, 11) is 0. The van der Waals surface area contributed by atoms with Crippen molar-refractivity contribution in [3.63, 3.8) is 0 Å². The molecule has 258 valence electrons. The first-order valence-electron chi connectivity index (χ1n) is 17.0. The van der Waals surface area contributed by atoms with Gasteiger partial charge in [-0.25, -0.2) is 19.0 Å². The van der Waals surface area contributed by atoms with E-state index >= 15 is 0 Å². The first-order valence-corrected chi connectivity index (χ1v) is 17.0. The quantitative estimate of drug-likeness (QED) is 0.147. The van der Waals surface area contributed by atoms with Crippen molar-refractivity contribution >= 4 is 17.1 Å². The highest BCUT2D eigenvalue weighted by Crippen LogP contribution is 2.29. The fourth-order valence-corrected chi connectivity index (χ4v) is 6.86. The number of aromatic nitrogens is 4. The normalized spacial score (nSPS) is 15.5. The van der Waals surface area contributed by atoms with E-state index in [1.807, 2.05) is 47.6 Å². The van der Waals surface area contributed by atoms with Gasteiger partial charge in [0, 0.05) is 69.1 Å². The van der Waals surface area contributed by atoms with E-state index in [-0.39, 0.29) is 17.8 Å². The van der Waals surface area contributed by atoms with E-state index in [2.05, 4.69) is 30.9 Å². The molecule has 0 bridgehead atoms. The second-order valence-corrected chi connectivity index (χ2v) is 13.0. The van der Waals surface area contributed by atoms with Crippen molar-refractivity contribution in [3.05, 3.63) is 129 Å². The highest BCUT2D eigenvalue weighted by molar-refractivity contribution is 5.61. The largest absolute Gasteiger partial charge is 0.369 e. The molecule has 0 aliphatic carbocycles. The van der Waals surface area contributed by atoms with Crippen molar-refractivity contribution in [3.8, 4) is 28.7 Å². The van der Waals surface area contributed by atoms with Gasteiger partial charge in [-0.2, -0.15) is 10.4 Å². The second-order valence-electron chi connectivity index (χ2n) is 13.0. The Bertz CT molecular complexity index is 2130. The lowest BCUT2D eigenvalue weighted by atomic mass is 9.95. The SMILES string of the molecule is N#Cc1cccc(-c2ccc(=O)n(Cc3cccc(-c4ncc(N5CCN(CC6CCN(c7ccc([N+](=O)[O-])cc7F)CC6)CC5)cn4)c3)n2)c1. The zero-order valence-electron chi connectivity index (χ0n) is 27.9. The lowest BCUT2D eigenvalue weighted by Gasteiger charge is -2.40. The number of halogens is 1. The Labute approximate surface area is 294 Å². The van der Waals surface area contributed by atoms with Crippen LogP contribution in [0.15, 0.2) is 96.1 Å². The third-order valence-electron chi connectivity index (χ3n) is 9.66. The van der Waals surface area contributed by atoms with Crippen LogP contribution in [0.1, 0.15) is 24.0 Å². The molecule has 51 heavy (non-hydrogen) atoms. The van der Waals surface area contributed by atoms with Crippen LogP contribution in [-0.2, 0) is 6.54 Å². The molecule has 2 aliphatic rings. The summed E-state index contributed by atoms with van der Waals surface area (Å²) in [6.45, 7) is 6.33. The van der Waals surface area contributed by atoms with Crippen molar-refractivity contribution < 1.29 is 9.31 Å². The maximum atomic E-state index is 14.5. The van der Waals surface area contributed by atoms with Crippen LogP contribution >= 0.6 is 0 Å². The number of hydrogen-bond donors (Lipinski definition) is 0. The third kappa shape index (κ3) is 7.76. The van der Waals surface area contributed by atoms with Crippen LogP contribution < -0.4 is 15.4 Å². The number of nitro groups is 1. The average Bonchev–Trinajstić information content (AvgIpc) is 3.16. The van der Waals surface area contributed by atoms with Crippen molar-refractivity contribution in [2.45, 2.75) is 19.4 Å². The molecule has 0 atom stereocenters. The van der Waals surface area contributed by atoms with Crippen LogP contribution in [0.4, 0.5) is 21.5 Å². The molecule has 2 saturated heterocycles. The molecule has 0 unspecified atom stereocenters. The van der Waals surface area contributed by atoms with E-state index in [0.717, 1.165) is 87.1 Å². The Morgan fingerprint density at radius 2 is 1.61 bits per heavy atom. The summed E-state index contributed by atoms with van der Waals surface area (Å²) < 4.78 is 16.0. The molecule has 5 aromatic rings. The van der Waals surface area contributed by atoms with Crippen LogP contribution in [0.5, 0.6) is 0 Å². The first kappa shape index (κ1) is 33.5. The Hall–Kier alpha value is -6.00. The van der Waals surface area contributed by atoms with E-state index in [1.165, 1.54) is 22.9 Å². The lowest BCUT2D eigenvalue weighted by molar-refractivity contribution is -0.385. The molecule has 4 heterocycles. The number of non-ortho nitro benzene ring substituents is 1. The van der Waals surface area contributed by atoms with Gasteiger partial charge in [0.2, 0.25) is 0 Å². The molecule has 0 amide bonds. The summed E-state index contributed by atoms with van der Waals surface area (Å²) in [4.78, 5) is 39.2. The molecule has 2 aromatic heterocycles. The van der Waals surface area contributed by atoms with Crippen molar-refractivity contribution in [2.75, 3.05) is 55.6 Å². The van der Waals surface area contributed by atoms with Gasteiger partial charge in [-0.05, 0) is 54.7 Å². The van der Waals surface area contributed by atoms with Crippen molar-refractivity contribution in [2.24, 2.45) is 5.92 Å². The first-order chi connectivity index (χ1) is 24.8. The monoisotopic (exact) mass is 685 g/mol. The number of nitro benzene ring substituents is 1. The van der Waals surface area contributed by atoms with Gasteiger partial charge < -0.3 is 9.80 Å². The minimum Gasteiger partial charge on any atom is -0.369 e. The minimum absolute atomic E-state index is 0.219. The van der Waals surface area contributed by atoms with E-state index in [9.17, 15) is 24.6 Å². The summed E-state index contributed by atoms with van der Waals surface area (Å²) in [5.74, 6) is 0.576. The highest BCUT2D eigenvalue weighted by atomic mass is 19.1. The topological polar surface area (TPSA) is 137 Å².